The van der Waals surface area contributed by atoms with Crippen LogP contribution in [0.5, 0.6) is 0 Å². The maximum atomic E-state index is 6.14. The Bertz CT molecular complexity index is 345. The minimum Gasteiger partial charge on any atom is -0.445 e. The van der Waals surface area contributed by atoms with Crippen molar-refractivity contribution in [1.82, 2.24) is 4.98 Å². The molecular weight excluding hydrogens is 202 g/mol. The number of hydrogen-bond acceptors (Lipinski definition) is 3. The van der Waals surface area contributed by atoms with Crippen molar-refractivity contribution in [3.05, 3.63) is 18.4 Å². The van der Waals surface area contributed by atoms with Gasteiger partial charge >= 0.3 is 0 Å². The quantitative estimate of drug-likeness (QED) is 0.769. The second-order valence-corrected chi connectivity index (χ2v) is 5.67. The van der Waals surface area contributed by atoms with E-state index in [4.69, 9.17) is 9.15 Å². The highest BCUT2D eigenvalue weighted by Crippen LogP contribution is 2.56. The van der Waals surface area contributed by atoms with Gasteiger partial charge in [-0.25, -0.2) is 4.98 Å². The Morgan fingerprint density at radius 3 is 2.44 bits per heavy atom. The molecular formula is C13H19NO2. The molecule has 3 nitrogen and oxygen atoms in total. The molecule has 0 radical (unpaired) electrons. The van der Waals surface area contributed by atoms with Gasteiger partial charge in [0.1, 0.15) is 5.60 Å². The zero-order valence-corrected chi connectivity index (χ0v) is 10.0. The fourth-order valence-electron chi connectivity index (χ4n) is 3.22. The molecule has 0 amide bonds. The molecule has 1 aromatic rings. The van der Waals surface area contributed by atoms with Gasteiger partial charge in [-0.1, -0.05) is 13.8 Å². The molecule has 3 heterocycles. The Labute approximate surface area is 96.2 Å². The zero-order valence-electron chi connectivity index (χ0n) is 10.0. The van der Waals surface area contributed by atoms with Crippen molar-refractivity contribution in [3.63, 3.8) is 0 Å². The summed E-state index contributed by atoms with van der Waals surface area (Å²) in [5, 5.41) is 0. The third-order valence-electron chi connectivity index (χ3n) is 4.80. The zero-order chi connectivity index (χ0) is 11.2. The van der Waals surface area contributed by atoms with Crippen molar-refractivity contribution in [2.24, 2.45) is 11.3 Å². The summed E-state index contributed by atoms with van der Waals surface area (Å²) in [6, 6.07) is 0. The van der Waals surface area contributed by atoms with Crippen molar-refractivity contribution < 1.29 is 9.15 Å². The van der Waals surface area contributed by atoms with E-state index in [1.807, 2.05) is 6.20 Å². The lowest BCUT2D eigenvalue weighted by Crippen LogP contribution is -2.51. The largest absolute Gasteiger partial charge is 0.445 e. The van der Waals surface area contributed by atoms with Crippen molar-refractivity contribution in [2.75, 3.05) is 6.61 Å². The van der Waals surface area contributed by atoms with Gasteiger partial charge in [0.05, 0.1) is 12.8 Å². The van der Waals surface area contributed by atoms with Gasteiger partial charge in [-0.15, -0.1) is 0 Å². The minimum atomic E-state index is -0.160. The highest BCUT2D eigenvalue weighted by Gasteiger charge is 2.53. The molecule has 0 N–H and O–H groups in total. The van der Waals surface area contributed by atoms with Crippen LogP contribution in [0.1, 0.15) is 45.3 Å². The standard InChI is InChI=1S/C13H19NO2/c1-10(2)12-3-5-13(6-4-12,16-8-12)11-7-14-9-15-11/h7,9-10H,3-6,8H2,1-2H3. The van der Waals surface area contributed by atoms with Gasteiger partial charge < -0.3 is 9.15 Å². The molecule has 3 heteroatoms. The maximum Gasteiger partial charge on any atom is 0.181 e. The first kappa shape index (κ1) is 10.3. The van der Waals surface area contributed by atoms with E-state index in [9.17, 15) is 0 Å². The molecule has 16 heavy (non-hydrogen) atoms. The summed E-state index contributed by atoms with van der Waals surface area (Å²) in [6.45, 7) is 5.51. The number of aromatic nitrogens is 1. The molecule has 3 aliphatic rings. The van der Waals surface area contributed by atoms with Crippen molar-refractivity contribution in [1.29, 1.82) is 0 Å². The third-order valence-corrected chi connectivity index (χ3v) is 4.80. The molecule has 0 unspecified atom stereocenters. The lowest BCUT2D eigenvalue weighted by molar-refractivity contribution is -0.209. The van der Waals surface area contributed by atoms with Gasteiger partial charge in [0, 0.05) is 0 Å². The van der Waals surface area contributed by atoms with Crippen LogP contribution in [0.15, 0.2) is 17.0 Å². The number of fused-ring (bicyclic) bond motifs is 3. The topological polar surface area (TPSA) is 35.3 Å². The van der Waals surface area contributed by atoms with E-state index >= 15 is 0 Å². The van der Waals surface area contributed by atoms with E-state index in [0.29, 0.717) is 11.3 Å². The van der Waals surface area contributed by atoms with Crippen molar-refractivity contribution >= 4 is 0 Å². The maximum absolute atomic E-state index is 6.14. The first-order valence-electron chi connectivity index (χ1n) is 6.20. The summed E-state index contributed by atoms with van der Waals surface area (Å²) in [5.74, 6) is 1.63. The van der Waals surface area contributed by atoms with E-state index in [0.717, 1.165) is 25.2 Å². The summed E-state index contributed by atoms with van der Waals surface area (Å²) in [5.41, 5.74) is 0.259. The van der Waals surface area contributed by atoms with Crippen LogP contribution in [0.2, 0.25) is 0 Å². The van der Waals surface area contributed by atoms with Gasteiger partial charge in [0.2, 0.25) is 0 Å². The van der Waals surface area contributed by atoms with Gasteiger partial charge in [-0.2, -0.15) is 0 Å². The SMILES string of the molecule is CC(C)C12CCC(c3cnco3)(CC1)OC2. The Morgan fingerprint density at radius 1 is 1.25 bits per heavy atom. The van der Waals surface area contributed by atoms with Crippen LogP contribution in [-0.4, -0.2) is 11.6 Å². The van der Waals surface area contributed by atoms with E-state index in [-0.39, 0.29) is 5.60 Å². The Hall–Kier alpha value is -0.830. The van der Waals surface area contributed by atoms with Crippen LogP contribution in [-0.2, 0) is 10.3 Å². The van der Waals surface area contributed by atoms with Gasteiger partial charge in [-0.05, 0) is 37.0 Å². The summed E-state index contributed by atoms with van der Waals surface area (Å²) < 4.78 is 11.6. The Morgan fingerprint density at radius 2 is 2.00 bits per heavy atom. The lowest BCUT2D eigenvalue weighted by Gasteiger charge is -2.54. The minimum absolute atomic E-state index is 0.160. The van der Waals surface area contributed by atoms with E-state index in [1.54, 1.807) is 0 Å². The summed E-state index contributed by atoms with van der Waals surface area (Å²) >= 11 is 0. The molecule has 2 aliphatic heterocycles. The molecule has 1 saturated carbocycles. The summed E-state index contributed by atoms with van der Waals surface area (Å²) in [7, 11) is 0. The predicted molar refractivity (Wildman–Crippen MR) is 59.9 cm³/mol. The van der Waals surface area contributed by atoms with E-state index < -0.39 is 0 Å². The van der Waals surface area contributed by atoms with Crippen LogP contribution in [0.4, 0.5) is 0 Å². The number of hydrogen-bond donors (Lipinski definition) is 0. The van der Waals surface area contributed by atoms with Crippen molar-refractivity contribution in [2.45, 2.75) is 45.1 Å². The number of nitrogens with zero attached hydrogens (tertiary/aromatic N) is 1. The second-order valence-electron chi connectivity index (χ2n) is 5.67. The monoisotopic (exact) mass is 221 g/mol. The van der Waals surface area contributed by atoms with Gasteiger partial charge in [0.25, 0.3) is 0 Å². The van der Waals surface area contributed by atoms with Crippen LogP contribution >= 0.6 is 0 Å². The fourth-order valence-corrected chi connectivity index (χ4v) is 3.22. The lowest BCUT2D eigenvalue weighted by atomic mass is 9.61. The Kier molecular flexibility index (Phi) is 2.15. The number of oxazole rings is 1. The summed E-state index contributed by atoms with van der Waals surface area (Å²) in [6.07, 6.45) is 8.00. The highest BCUT2D eigenvalue weighted by molar-refractivity contribution is 5.12. The average Bonchev–Trinajstić information content (AvgIpc) is 2.85. The predicted octanol–water partition coefficient (Wildman–Crippen LogP) is 3.12. The second kappa shape index (κ2) is 3.33. The number of ether oxygens (including phenoxy) is 1. The number of rotatable bonds is 2. The van der Waals surface area contributed by atoms with Crippen LogP contribution in [0.3, 0.4) is 0 Å². The normalized spacial score (nSPS) is 38.2. The molecule has 4 rings (SSSR count). The molecule has 0 aromatic carbocycles. The fraction of sp³-hybridized carbons (Fsp3) is 0.769. The molecule has 0 spiro atoms. The first-order chi connectivity index (χ1) is 7.67. The van der Waals surface area contributed by atoms with Crippen LogP contribution < -0.4 is 0 Å². The molecule has 0 atom stereocenters. The molecule has 88 valence electrons. The molecule has 2 saturated heterocycles. The van der Waals surface area contributed by atoms with E-state index in [2.05, 4.69) is 18.8 Å². The van der Waals surface area contributed by atoms with Gasteiger partial charge in [0.15, 0.2) is 12.2 Å². The molecule has 2 bridgehead atoms. The Balaban J connectivity index is 1.86. The average molecular weight is 221 g/mol. The van der Waals surface area contributed by atoms with Crippen LogP contribution in [0.25, 0.3) is 0 Å². The van der Waals surface area contributed by atoms with Crippen LogP contribution in [0, 0.1) is 11.3 Å². The smallest absolute Gasteiger partial charge is 0.181 e. The third kappa shape index (κ3) is 1.27. The molecule has 1 aliphatic carbocycles. The first-order valence-corrected chi connectivity index (χ1v) is 6.20. The van der Waals surface area contributed by atoms with E-state index in [1.165, 1.54) is 19.2 Å². The molecule has 1 aromatic heterocycles. The molecule has 3 fully saturated rings. The summed E-state index contributed by atoms with van der Waals surface area (Å²) in [4.78, 5) is 4.01. The van der Waals surface area contributed by atoms with Crippen molar-refractivity contribution in [3.8, 4) is 0 Å². The van der Waals surface area contributed by atoms with Gasteiger partial charge in [-0.3, -0.25) is 0 Å². The highest BCUT2D eigenvalue weighted by atomic mass is 16.5.